The third-order valence-electron chi connectivity index (χ3n) is 3.47. The molecule has 4 heteroatoms. The van der Waals surface area contributed by atoms with Crippen LogP contribution in [0.5, 0.6) is 0 Å². The molecule has 0 spiro atoms. The lowest BCUT2D eigenvalue weighted by Crippen LogP contribution is -2.22. The van der Waals surface area contributed by atoms with Crippen molar-refractivity contribution in [3.63, 3.8) is 0 Å². The van der Waals surface area contributed by atoms with Gasteiger partial charge in [-0.25, -0.2) is 9.97 Å². The third kappa shape index (κ3) is 2.94. The van der Waals surface area contributed by atoms with Gasteiger partial charge in [-0.2, -0.15) is 0 Å². The van der Waals surface area contributed by atoms with Gasteiger partial charge < -0.3 is 10.6 Å². The van der Waals surface area contributed by atoms with E-state index in [0.717, 1.165) is 32.0 Å². The van der Waals surface area contributed by atoms with Crippen LogP contribution in [0.3, 0.4) is 0 Å². The minimum atomic E-state index is 0.493. The van der Waals surface area contributed by atoms with Crippen LogP contribution in [0.4, 0.5) is 5.95 Å². The second-order valence-electron chi connectivity index (χ2n) is 5.15. The van der Waals surface area contributed by atoms with Crippen molar-refractivity contribution in [1.82, 2.24) is 9.97 Å². The fourth-order valence-electron chi connectivity index (χ4n) is 2.28. The Morgan fingerprint density at radius 2 is 2.12 bits per heavy atom. The zero-order valence-corrected chi connectivity index (χ0v) is 10.8. The summed E-state index contributed by atoms with van der Waals surface area (Å²) in [6, 6.07) is 0. The predicted octanol–water partition coefficient (Wildman–Crippen LogP) is 1.78. The van der Waals surface area contributed by atoms with E-state index in [4.69, 9.17) is 5.73 Å². The van der Waals surface area contributed by atoms with Gasteiger partial charge in [-0.3, -0.25) is 0 Å². The van der Waals surface area contributed by atoms with E-state index in [-0.39, 0.29) is 0 Å². The van der Waals surface area contributed by atoms with Crippen molar-refractivity contribution in [2.24, 2.45) is 11.7 Å². The molecule has 0 aliphatic carbocycles. The van der Waals surface area contributed by atoms with E-state index in [1.54, 1.807) is 0 Å². The molecule has 2 heterocycles. The second-order valence-corrected chi connectivity index (χ2v) is 5.15. The summed E-state index contributed by atoms with van der Waals surface area (Å²) in [4.78, 5) is 11.2. The molecule has 1 aliphatic rings. The average Bonchev–Trinajstić information content (AvgIpc) is 2.78. The van der Waals surface area contributed by atoms with E-state index in [0.29, 0.717) is 11.8 Å². The molecule has 0 aromatic carbocycles. The molecule has 0 bridgehead atoms. The smallest absolute Gasteiger partial charge is 0.225 e. The van der Waals surface area contributed by atoms with Crippen molar-refractivity contribution in [2.45, 2.75) is 32.6 Å². The molecule has 1 fully saturated rings. The van der Waals surface area contributed by atoms with Gasteiger partial charge in [-0.1, -0.05) is 13.8 Å². The van der Waals surface area contributed by atoms with Crippen molar-refractivity contribution in [1.29, 1.82) is 0 Å². The summed E-state index contributed by atoms with van der Waals surface area (Å²) in [7, 11) is 0. The number of nitrogens with zero attached hydrogens (tertiary/aromatic N) is 3. The summed E-state index contributed by atoms with van der Waals surface area (Å²) in [6.07, 6.45) is 6.22. The van der Waals surface area contributed by atoms with Gasteiger partial charge in [0.2, 0.25) is 5.95 Å². The highest BCUT2D eigenvalue weighted by Gasteiger charge is 2.23. The van der Waals surface area contributed by atoms with E-state index in [9.17, 15) is 0 Å². The largest absolute Gasteiger partial charge is 0.341 e. The van der Waals surface area contributed by atoms with Gasteiger partial charge in [-0.05, 0) is 36.8 Å². The molecule has 0 radical (unpaired) electrons. The normalized spacial score (nSPS) is 20.2. The Bertz CT molecular complexity index is 347. The Kier molecular flexibility index (Phi) is 3.94. The summed E-state index contributed by atoms with van der Waals surface area (Å²) in [5.41, 5.74) is 6.80. The van der Waals surface area contributed by atoms with Gasteiger partial charge in [0.25, 0.3) is 0 Å². The standard InChI is InChI=1S/C13H22N4/c1-10(2)12-7-15-13(16-8-12)17-6-4-11(9-17)3-5-14/h7-8,10-11H,3-6,9,14H2,1-2H3. The van der Waals surface area contributed by atoms with Gasteiger partial charge in [-0.15, -0.1) is 0 Å². The third-order valence-corrected chi connectivity index (χ3v) is 3.47. The molecule has 1 unspecified atom stereocenters. The topological polar surface area (TPSA) is 55.0 Å². The molecule has 0 amide bonds. The lowest BCUT2D eigenvalue weighted by molar-refractivity contribution is 0.545. The van der Waals surface area contributed by atoms with E-state index < -0.39 is 0 Å². The molecule has 2 rings (SSSR count). The Balaban J connectivity index is 1.99. The van der Waals surface area contributed by atoms with Gasteiger partial charge in [0.1, 0.15) is 0 Å². The first-order valence-corrected chi connectivity index (χ1v) is 6.47. The number of anilines is 1. The number of hydrogen-bond acceptors (Lipinski definition) is 4. The van der Waals surface area contributed by atoms with Crippen molar-refractivity contribution >= 4 is 5.95 Å². The lowest BCUT2D eigenvalue weighted by Gasteiger charge is -2.16. The fraction of sp³-hybridized carbons (Fsp3) is 0.692. The average molecular weight is 234 g/mol. The van der Waals surface area contributed by atoms with Crippen LogP contribution in [-0.2, 0) is 0 Å². The maximum atomic E-state index is 5.60. The molecule has 1 aromatic rings. The highest BCUT2D eigenvalue weighted by atomic mass is 15.3. The van der Waals surface area contributed by atoms with Crippen LogP contribution >= 0.6 is 0 Å². The van der Waals surface area contributed by atoms with E-state index in [1.165, 1.54) is 12.0 Å². The highest BCUT2D eigenvalue weighted by Crippen LogP contribution is 2.23. The van der Waals surface area contributed by atoms with E-state index >= 15 is 0 Å². The second kappa shape index (κ2) is 5.45. The van der Waals surface area contributed by atoms with E-state index in [2.05, 4.69) is 28.7 Å². The van der Waals surface area contributed by atoms with Gasteiger partial charge in [0, 0.05) is 25.5 Å². The number of hydrogen-bond donors (Lipinski definition) is 1. The van der Waals surface area contributed by atoms with Crippen LogP contribution in [0, 0.1) is 5.92 Å². The highest BCUT2D eigenvalue weighted by molar-refractivity contribution is 5.32. The summed E-state index contributed by atoms with van der Waals surface area (Å²) in [5.74, 6) is 2.08. The monoisotopic (exact) mass is 234 g/mol. The zero-order valence-electron chi connectivity index (χ0n) is 10.8. The van der Waals surface area contributed by atoms with Crippen molar-refractivity contribution in [3.8, 4) is 0 Å². The molecule has 94 valence electrons. The number of aromatic nitrogens is 2. The van der Waals surface area contributed by atoms with Gasteiger partial charge in [0.05, 0.1) is 0 Å². The molecule has 1 aromatic heterocycles. The quantitative estimate of drug-likeness (QED) is 0.862. The molecule has 1 saturated heterocycles. The number of nitrogens with two attached hydrogens (primary N) is 1. The van der Waals surface area contributed by atoms with Crippen molar-refractivity contribution in [2.75, 3.05) is 24.5 Å². The molecule has 2 N–H and O–H groups in total. The Morgan fingerprint density at radius 3 is 2.71 bits per heavy atom. The SMILES string of the molecule is CC(C)c1cnc(N2CCC(CCN)C2)nc1. The minimum absolute atomic E-state index is 0.493. The van der Waals surface area contributed by atoms with E-state index in [1.807, 2.05) is 12.4 Å². The Morgan fingerprint density at radius 1 is 1.41 bits per heavy atom. The van der Waals surface area contributed by atoms with Crippen LogP contribution in [0.25, 0.3) is 0 Å². The van der Waals surface area contributed by atoms with Crippen LogP contribution in [0.1, 0.15) is 38.2 Å². The van der Waals surface area contributed by atoms with Crippen molar-refractivity contribution < 1.29 is 0 Å². The maximum Gasteiger partial charge on any atom is 0.225 e. The van der Waals surface area contributed by atoms with Crippen LogP contribution in [0.2, 0.25) is 0 Å². The lowest BCUT2D eigenvalue weighted by atomic mass is 10.1. The molecule has 1 aliphatic heterocycles. The van der Waals surface area contributed by atoms with Crippen LogP contribution in [0.15, 0.2) is 12.4 Å². The molecular weight excluding hydrogens is 212 g/mol. The van der Waals surface area contributed by atoms with Gasteiger partial charge in [0.15, 0.2) is 0 Å². The summed E-state index contributed by atoms with van der Waals surface area (Å²) < 4.78 is 0. The number of rotatable bonds is 4. The Labute approximate surface area is 103 Å². The molecule has 4 nitrogen and oxygen atoms in total. The van der Waals surface area contributed by atoms with Crippen LogP contribution < -0.4 is 10.6 Å². The molecular formula is C13H22N4. The predicted molar refractivity (Wildman–Crippen MR) is 70.1 cm³/mol. The fourth-order valence-corrected chi connectivity index (χ4v) is 2.28. The first kappa shape index (κ1) is 12.3. The Hall–Kier alpha value is -1.16. The van der Waals surface area contributed by atoms with Crippen molar-refractivity contribution in [3.05, 3.63) is 18.0 Å². The maximum absolute atomic E-state index is 5.60. The summed E-state index contributed by atoms with van der Waals surface area (Å²) >= 11 is 0. The minimum Gasteiger partial charge on any atom is -0.341 e. The first-order chi connectivity index (χ1) is 8.20. The molecule has 1 atom stereocenters. The zero-order chi connectivity index (χ0) is 12.3. The summed E-state index contributed by atoms with van der Waals surface area (Å²) in [5, 5.41) is 0. The molecule has 0 saturated carbocycles. The van der Waals surface area contributed by atoms with Crippen LogP contribution in [-0.4, -0.2) is 29.6 Å². The summed E-state index contributed by atoms with van der Waals surface area (Å²) in [6.45, 7) is 7.21. The first-order valence-electron chi connectivity index (χ1n) is 6.47. The van der Waals surface area contributed by atoms with Gasteiger partial charge >= 0.3 is 0 Å². The molecule has 17 heavy (non-hydrogen) atoms.